The smallest absolute Gasteiger partial charge is 0.315 e. The Labute approximate surface area is 124 Å². The molecule has 0 saturated carbocycles. The molecular formula is C15H11F2N3O2. The van der Waals surface area contributed by atoms with Gasteiger partial charge in [0, 0.05) is 0 Å². The van der Waals surface area contributed by atoms with E-state index in [0.29, 0.717) is 5.56 Å². The van der Waals surface area contributed by atoms with Gasteiger partial charge in [-0.2, -0.15) is 5.10 Å². The Bertz CT molecular complexity index is 715. The molecule has 0 radical (unpaired) electrons. The topological polar surface area (TPSA) is 70.6 Å². The molecule has 0 bridgehead atoms. The maximum atomic E-state index is 13.3. The van der Waals surface area contributed by atoms with Crippen LogP contribution in [-0.2, 0) is 9.59 Å². The van der Waals surface area contributed by atoms with Gasteiger partial charge < -0.3 is 5.32 Å². The van der Waals surface area contributed by atoms with Crippen molar-refractivity contribution in [2.45, 2.75) is 0 Å². The van der Waals surface area contributed by atoms with Crippen molar-refractivity contribution in [3.8, 4) is 0 Å². The third kappa shape index (κ3) is 4.20. The second-order valence-electron chi connectivity index (χ2n) is 4.18. The summed E-state index contributed by atoms with van der Waals surface area (Å²) >= 11 is 0. The molecule has 5 nitrogen and oxygen atoms in total. The minimum absolute atomic E-state index is 0.106. The molecule has 2 rings (SSSR count). The summed E-state index contributed by atoms with van der Waals surface area (Å²) in [6, 6.07) is 10.8. The van der Waals surface area contributed by atoms with Crippen LogP contribution >= 0.6 is 0 Å². The Balaban J connectivity index is 1.90. The molecule has 0 aliphatic rings. The van der Waals surface area contributed by atoms with Crippen LogP contribution in [0.3, 0.4) is 0 Å². The highest BCUT2D eigenvalue weighted by molar-refractivity contribution is 6.39. The number of carbonyl (C=O) groups is 2. The standard InChI is InChI=1S/C15H11F2N3O2/c16-11-7-5-10(6-8-11)9-18-20-15(22)14(21)19-13-4-2-1-3-12(13)17/h1-9H,(H,19,21)(H,20,22)/b18-9-. The van der Waals surface area contributed by atoms with Gasteiger partial charge in [0.15, 0.2) is 0 Å². The van der Waals surface area contributed by atoms with Crippen LogP contribution in [0.5, 0.6) is 0 Å². The van der Waals surface area contributed by atoms with Gasteiger partial charge in [-0.25, -0.2) is 14.2 Å². The Morgan fingerprint density at radius 2 is 1.64 bits per heavy atom. The first-order valence-corrected chi connectivity index (χ1v) is 6.21. The van der Waals surface area contributed by atoms with Crippen LogP contribution in [0.4, 0.5) is 14.5 Å². The molecule has 0 saturated heterocycles. The average molecular weight is 303 g/mol. The monoisotopic (exact) mass is 303 g/mol. The number of amides is 2. The number of nitrogens with one attached hydrogen (secondary N) is 2. The fraction of sp³-hybridized carbons (Fsp3) is 0. The van der Waals surface area contributed by atoms with E-state index < -0.39 is 23.4 Å². The van der Waals surface area contributed by atoms with Crippen LogP contribution in [0.1, 0.15) is 5.56 Å². The van der Waals surface area contributed by atoms with Crippen LogP contribution in [0.2, 0.25) is 0 Å². The Morgan fingerprint density at radius 3 is 2.32 bits per heavy atom. The summed E-state index contributed by atoms with van der Waals surface area (Å²) in [5.74, 6) is -3.16. The molecule has 0 aromatic heterocycles. The van der Waals surface area contributed by atoms with E-state index in [1.807, 2.05) is 5.43 Å². The van der Waals surface area contributed by atoms with Crippen LogP contribution in [-0.4, -0.2) is 18.0 Å². The maximum absolute atomic E-state index is 13.3. The predicted octanol–water partition coefficient (Wildman–Crippen LogP) is 2.05. The van der Waals surface area contributed by atoms with E-state index in [1.54, 1.807) is 0 Å². The lowest BCUT2D eigenvalue weighted by Gasteiger charge is -2.04. The summed E-state index contributed by atoms with van der Waals surface area (Å²) in [5, 5.41) is 5.67. The van der Waals surface area contributed by atoms with Crippen molar-refractivity contribution >= 4 is 23.7 Å². The second-order valence-corrected chi connectivity index (χ2v) is 4.18. The number of carbonyl (C=O) groups excluding carboxylic acids is 2. The van der Waals surface area contributed by atoms with Crippen molar-refractivity contribution in [1.29, 1.82) is 0 Å². The van der Waals surface area contributed by atoms with E-state index in [0.717, 1.165) is 6.07 Å². The SMILES string of the molecule is O=C(N/N=C\c1ccc(F)cc1)C(=O)Nc1ccccc1F. The average Bonchev–Trinajstić information content (AvgIpc) is 2.51. The highest BCUT2D eigenvalue weighted by atomic mass is 19.1. The van der Waals surface area contributed by atoms with Gasteiger partial charge >= 0.3 is 11.8 Å². The lowest BCUT2D eigenvalue weighted by atomic mass is 10.2. The summed E-state index contributed by atoms with van der Waals surface area (Å²) in [4.78, 5) is 23.0. The van der Waals surface area contributed by atoms with Crippen LogP contribution in [0.15, 0.2) is 53.6 Å². The van der Waals surface area contributed by atoms with E-state index in [4.69, 9.17) is 0 Å². The minimum atomic E-state index is -1.05. The van der Waals surface area contributed by atoms with E-state index in [1.165, 1.54) is 48.7 Å². The summed E-state index contributed by atoms with van der Waals surface area (Å²) in [6.45, 7) is 0. The van der Waals surface area contributed by atoms with E-state index in [-0.39, 0.29) is 5.69 Å². The molecule has 0 unspecified atom stereocenters. The summed E-state index contributed by atoms with van der Waals surface area (Å²) < 4.78 is 26.0. The number of para-hydroxylation sites is 1. The second kappa shape index (κ2) is 7.07. The number of hydrogen-bond donors (Lipinski definition) is 2. The number of nitrogens with zero attached hydrogens (tertiary/aromatic N) is 1. The van der Waals surface area contributed by atoms with Crippen molar-refractivity contribution in [3.63, 3.8) is 0 Å². The molecule has 0 fully saturated rings. The molecule has 0 atom stereocenters. The van der Waals surface area contributed by atoms with Crippen molar-refractivity contribution in [2.24, 2.45) is 5.10 Å². The van der Waals surface area contributed by atoms with Gasteiger partial charge in [0.2, 0.25) is 0 Å². The van der Waals surface area contributed by atoms with Gasteiger partial charge in [-0.15, -0.1) is 0 Å². The maximum Gasteiger partial charge on any atom is 0.329 e. The summed E-state index contributed by atoms with van der Waals surface area (Å²) in [6.07, 6.45) is 1.24. The molecule has 2 aromatic rings. The number of rotatable bonds is 3. The molecule has 112 valence electrons. The predicted molar refractivity (Wildman–Crippen MR) is 77.2 cm³/mol. The van der Waals surface area contributed by atoms with Gasteiger partial charge in [0.05, 0.1) is 11.9 Å². The molecule has 22 heavy (non-hydrogen) atoms. The number of hydrogen-bond acceptors (Lipinski definition) is 3. The fourth-order valence-corrected chi connectivity index (χ4v) is 1.51. The number of benzene rings is 2. The van der Waals surface area contributed by atoms with Crippen molar-refractivity contribution in [3.05, 3.63) is 65.7 Å². The number of halogens is 2. The van der Waals surface area contributed by atoms with Crippen molar-refractivity contribution < 1.29 is 18.4 Å². The molecule has 0 spiro atoms. The first-order valence-electron chi connectivity index (χ1n) is 6.21. The highest BCUT2D eigenvalue weighted by Crippen LogP contribution is 2.11. The minimum Gasteiger partial charge on any atom is -0.315 e. The van der Waals surface area contributed by atoms with E-state index in [2.05, 4.69) is 10.4 Å². The lowest BCUT2D eigenvalue weighted by molar-refractivity contribution is -0.136. The molecule has 0 aliphatic heterocycles. The Kier molecular flexibility index (Phi) is 4.92. The zero-order chi connectivity index (χ0) is 15.9. The van der Waals surface area contributed by atoms with Gasteiger partial charge in [-0.1, -0.05) is 24.3 Å². The van der Waals surface area contributed by atoms with Gasteiger partial charge in [0.1, 0.15) is 11.6 Å². The Hall–Kier alpha value is -3.09. The molecule has 2 N–H and O–H groups in total. The number of anilines is 1. The molecule has 0 heterocycles. The molecule has 0 aliphatic carbocycles. The molecule has 2 amide bonds. The van der Waals surface area contributed by atoms with Gasteiger partial charge in [0.25, 0.3) is 0 Å². The third-order valence-corrected chi connectivity index (χ3v) is 2.58. The normalized spacial score (nSPS) is 10.5. The number of hydrazone groups is 1. The molecule has 7 heteroatoms. The van der Waals surface area contributed by atoms with E-state index in [9.17, 15) is 18.4 Å². The first-order chi connectivity index (χ1) is 10.6. The first kappa shape index (κ1) is 15.3. The van der Waals surface area contributed by atoms with Crippen LogP contribution < -0.4 is 10.7 Å². The summed E-state index contributed by atoms with van der Waals surface area (Å²) in [5.41, 5.74) is 2.42. The van der Waals surface area contributed by atoms with E-state index >= 15 is 0 Å². The molecular weight excluding hydrogens is 292 g/mol. The largest absolute Gasteiger partial charge is 0.329 e. The Morgan fingerprint density at radius 1 is 0.955 bits per heavy atom. The molecule has 2 aromatic carbocycles. The van der Waals surface area contributed by atoms with Crippen LogP contribution in [0, 0.1) is 11.6 Å². The highest BCUT2D eigenvalue weighted by Gasteiger charge is 2.14. The lowest BCUT2D eigenvalue weighted by Crippen LogP contribution is -2.32. The van der Waals surface area contributed by atoms with Gasteiger partial charge in [-0.3, -0.25) is 9.59 Å². The van der Waals surface area contributed by atoms with Crippen LogP contribution in [0.25, 0.3) is 0 Å². The third-order valence-electron chi connectivity index (χ3n) is 2.58. The van der Waals surface area contributed by atoms with Crippen molar-refractivity contribution in [1.82, 2.24) is 5.43 Å². The van der Waals surface area contributed by atoms with Crippen molar-refractivity contribution in [2.75, 3.05) is 5.32 Å². The fourth-order valence-electron chi connectivity index (χ4n) is 1.51. The summed E-state index contributed by atoms with van der Waals surface area (Å²) in [7, 11) is 0. The zero-order valence-electron chi connectivity index (χ0n) is 11.2. The van der Waals surface area contributed by atoms with Gasteiger partial charge in [-0.05, 0) is 29.8 Å². The zero-order valence-corrected chi connectivity index (χ0v) is 11.2. The quantitative estimate of drug-likeness (QED) is 0.517.